The Labute approximate surface area is 135 Å². The minimum absolute atomic E-state index is 0.163. The quantitative estimate of drug-likeness (QED) is 0.831. The Morgan fingerprint density at radius 1 is 1.45 bits per heavy atom. The number of anilines is 1. The Bertz CT molecular complexity index is 614. The van der Waals surface area contributed by atoms with Crippen molar-refractivity contribution in [3.8, 4) is 5.69 Å². The lowest BCUT2D eigenvalue weighted by molar-refractivity contribution is 0.246. The molecule has 0 atom stereocenters. The maximum absolute atomic E-state index is 12.3. The zero-order chi connectivity index (χ0) is 15.9. The van der Waals surface area contributed by atoms with E-state index in [1.807, 2.05) is 19.1 Å². The van der Waals surface area contributed by atoms with Crippen molar-refractivity contribution < 1.29 is 4.79 Å². The highest BCUT2D eigenvalue weighted by atomic mass is 35.5. The highest BCUT2D eigenvalue weighted by Gasteiger charge is 2.19. The third-order valence-electron chi connectivity index (χ3n) is 3.22. The van der Waals surface area contributed by atoms with Crippen LogP contribution in [0.4, 0.5) is 10.5 Å². The molecular formula is C15H20ClN5O. The lowest BCUT2D eigenvalue weighted by atomic mass is 10.3. The molecule has 2 amide bonds. The molecule has 2 aromatic heterocycles. The molecule has 6 nitrogen and oxygen atoms in total. The molecule has 0 saturated carbocycles. The van der Waals surface area contributed by atoms with Crippen molar-refractivity contribution in [2.45, 2.75) is 26.7 Å². The first-order valence-electron chi connectivity index (χ1n) is 7.38. The number of nitrogens with zero attached hydrogens (tertiary/aromatic N) is 4. The third-order valence-corrected chi connectivity index (χ3v) is 3.49. The summed E-state index contributed by atoms with van der Waals surface area (Å²) < 4.78 is 1.62. The van der Waals surface area contributed by atoms with Gasteiger partial charge in [0.2, 0.25) is 0 Å². The molecule has 0 aromatic carbocycles. The van der Waals surface area contributed by atoms with Crippen molar-refractivity contribution in [2.24, 2.45) is 0 Å². The molecule has 118 valence electrons. The molecule has 0 fully saturated rings. The predicted molar refractivity (Wildman–Crippen MR) is 87.7 cm³/mol. The number of aromatic nitrogens is 3. The predicted octanol–water partition coefficient (Wildman–Crippen LogP) is 3.26. The van der Waals surface area contributed by atoms with E-state index in [2.05, 4.69) is 22.3 Å². The van der Waals surface area contributed by atoms with E-state index in [0.717, 1.165) is 18.5 Å². The molecule has 1 N–H and O–H groups in total. The van der Waals surface area contributed by atoms with Crippen molar-refractivity contribution >= 4 is 23.3 Å². The Morgan fingerprint density at radius 2 is 2.27 bits per heavy atom. The van der Waals surface area contributed by atoms with E-state index in [1.165, 1.54) is 0 Å². The van der Waals surface area contributed by atoms with Crippen LogP contribution in [0, 0.1) is 0 Å². The van der Waals surface area contributed by atoms with E-state index >= 15 is 0 Å². The van der Waals surface area contributed by atoms with Gasteiger partial charge in [-0.1, -0.05) is 24.9 Å². The molecule has 0 spiro atoms. The van der Waals surface area contributed by atoms with E-state index in [9.17, 15) is 4.79 Å². The first-order chi connectivity index (χ1) is 10.7. The molecule has 0 unspecified atom stereocenters. The van der Waals surface area contributed by atoms with Crippen molar-refractivity contribution in [3.63, 3.8) is 0 Å². The Hall–Kier alpha value is -2.08. The van der Waals surface area contributed by atoms with Gasteiger partial charge in [0.1, 0.15) is 5.69 Å². The minimum Gasteiger partial charge on any atom is -0.338 e. The smallest absolute Gasteiger partial charge is 0.322 e. The van der Waals surface area contributed by atoms with Gasteiger partial charge in [0.05, 0.1) is 18.1 Å². The van der Waals surface area contributed by atoms with Crippen LogP contribution in [0.3, 0.4) is 0 Å². The summed E-state index contributed by atoms with van der Waals surface area (Å²) in [5, 5.41) is 7.43. The van der Waals surface area contributed by atoms with E-state index in [-0.39, 0.29) is 11.2 Å². The zero-order valence-electron chi connectivity index (χ0n) is 12.8. The van der Waals surface area contributed by atoms with Crippen molar-refractivity contribution in [1.29, 1.82) is 0 Å². The average Bonchev–Trinajstić information content (AvgIpc) is 2.91. The van der Waals surface area contributed by atoms with Gasteiger partial charge < -0.3 is 5.32 Å². The first kappa shape index (κ1) is 16.3. The number of hydrogen-bond acceptors (Lipinski definition) is 3. The highest BCUT2D eigenvalue weighted by molar-refractivity contribution is 6.32. The van der Waals surface area contributed by atoms with E-state index in [4.69, 9.17) is 11.6 Å². The van der Waals surface area contributed by atoms with E-state index < -0.39 is 0 Å². The van der Waals surface area contributed by atoms with Gasteiger partial charge in [0, 0.05) is 19.3 Å². The largest absolute Gasteiger partial charge is 0.338 e. The topological polar surface area (TPSA) is 63.1 Å². The standard InChI is InChI=1S/C15H20ClN5O/c1-3-5-9-18-15(22)20(4-2)13-11-21(19-14(13)16)12-7-6-8-17-10-12/h6-8,10-11H,3-5,9H2,1-2H3,(H,18,22). The SMILES string of the molecule is CCCCNC(=O)N(CC)c1cn(-c2cccnc2)nc1Cl. The molecule has 2 heterocycles. The zero-order valence-corrected chi connectivity index (χ0v) is 13.5. The summed E-state index contributed by atoms with van der Waals surface area (Å²) in [5.41, 5.74) is 1.38. The molecule has 22 heavy (non-hydrogen) atoms. The number of halogens is 1. The molecule has 0 bridgehead atoms. The van der Waals surface area contributed by atoms with E-state index in [0.29, 0.717) is 18.8 Å². The monoisotopic (exact) mass is 321 g/mol. The van der Waals surface area contributed by atoms with Crippen LogP contribution in [0.2, 0.25) is 5.15 Å². The summed E-state index contributed by atoms with van der Waals surface area (Å²) >= 11 is 6.20. The van der Waals surface area contributed by atoms with Gasteiger partial charge >= 0.3 is 6.03 Å². The average molecular weight is 322 g/mol. The van der Waals surface area contributed by atoms with Crippen LogP contribution in [0.5, 0.6) is 0 Å². The second-order valence-corrected chi connectivity index (χ2v) is 5.15. The van der Waals surface area contributed by atoms with Gasteiger partial charge in [0.25, 0.3) is 0 Å². The van der Waals surface area contributed by atoms with Gasteiger partial charge in [-0.05, 0) is 25.5 Å². The molecule has 0 aliphatic rings. The molecule has 2 rings (SSSR count). The minimum atomic E-state index is -0.163. The maximum atomic E-state index is 12.3. The molecule has 0 aliphatic carbocycles. The summed E-state index contributed by atoms with van der Waals surface area (Å²) in [6, 6.07) is 3.53. The third kappa shape index (κ3) is 3.76. The number of carbonyl (C=O) groups excluding carboxylic acids is 1. The fourth-order valence-electron chi connectivity index (χ4n) is 2.04. The normalized spacial score (nSPS) is 10.5. The second kappa shape index (κ2) is 7.79. The Morgan fingerprint density at radius 3 is 2.91 bits per heavy atom. The molecule has 2 aromatic rings. The van der Waals surface area contributed by atoms with Crippen LogP contribution >= 0.6 is 11.6 Å². The van der Waals surface area contributed by atoms with Gasteiger partial charge in [-0.15, -0.1) is 0 Å². The highest BCUT2D eigenvalue weighted by Crippen LogP contribution is 2.25. The number of carbonyl (C=O) groups is 1. The summed E-state index contributed by atoms with van der Waals surface area (Å²) in [6.07, 6.45) is 7.10. The van der Waals surface area contributed by atoms with Crippen LogP contribution in [0.15, 0.2) is 30.7 Å². The fraction of sp³-hybridized carbons (Fsp3) is 0.400. The molecule has 0 radical (unpaired) electrons. The van der Waals surface area contributed by atoms with Crippen LogP contribution < -0.4 is 10.2 Å². The number of unbranched alkanes of at least 4 members (excludes halogenated alkanes) is 1. The first-order valence-corrected chi connectivity index (χ1v) is 7.76. The second-order valence-electron chi connectivity index (χ2n) is 4.79. The number of rotatable bonds is 6. The van der Waals surface area contributed by atoms with Gasteiger partial charge in [-0.3, -0.25) is 9.88 Å². The van der Waals surface area contributed by atoms with Gasteiger partial charge in [-0.2, -0.15) is 5.10 Å². The lowest BCUT2D eigenvalue weighted by Gasteiger charge is -2.19. The number of nitrogens with one attached hydrogen (secondary N) is 1. The van der Waals surface area contributed by atoms with Crippen LogP contribution in [-0.4, -0.2) is 33.9 Å². The van der Waals surface area contributed by atoms with Crippen LogP contribution in [0.1, 0.15) is 26.7 Å². The number of hydrogen-bond donors (Lipinski definition) is 1. The summed E-state index contributed by atoms with van der Waals surface area (Å²) in [6.45, 7) is 5.15. The summed E-state index contributed by atoms with van der Waals surface area (Å²) in [7, 11) is 0. The Kier molecular flexibility index (Phi) is 5.77. The van der Waals surface area contributed by atoms with E-state index in [1.54, 1.807) is 28.2 Å². The van der Waals surface area contributed by atoms with Gasteiger partial charge in [-0.25, -0.2) is 9.48 Å². The van der Waals surface area contributed by atoms with Crippen LogP contribution in [-0.2, 0) is 0 Å². The molecule has 7 heteroatoms. The molecule has 0 saturated heterocycles. The lowest BCUT2D eigenvalue weighted by Crippen LogP contribution is -2.40. The number of pyridine rings is 1. The summed E-state index contributed by atoms with van der Waals surface area (Å²) in [5.74, 6) is 0. The summed E-state index contributed by atoms with van der Waals surface area (Å²) in [4.78, 5) is 17.9. The Balaban J connectivity index is 2.19. The number of amides is 2. The molecular weight excluding hydrogens is 302 g/mol. The number of urea groups is 1. The van der Waals surface area contributed by atoms with Crippen molar-refractivity contribution in [3.05, 3.63) is 35.9 Å². The maximum Gasteiger partial charge on any atom is 0.322 e. The fourth-order valence-corrected chi connectivity index (χ4v) is 2.27. The molecule has 0 aliphatic heterocycles. The van der Waals surface area contributed by atoms with Gasteiger partial charge in [0.15, 0.2) is 5.15 Å². The van der Waals surface area contributed by atoms with Crippen molar-refractivity contribution in [2.75, 3.05) is 18.0 Å². The van der Waals surface area contributed by atoms with Crippen LogP contribution in [0.25, 0.3) is 5.69 Å². The van der Waals surface area contributed by atoms with Crippen molar-refractivity contribution in [1.82, 2.24) is 20.1 Å².